The van der Waals surface area contributed by atoms with E-state index in [2.05, 4.69) is 24.5 Å². The molecule has 1 aromatic rings. The molecule has 2 bridgehead atoms. The maximum absolute atomic E-state index is 14.1. The van der Waals surface area contributed by atoms with Crippen molar-refractivity contribution in [2.75, 3.05) is 25.1 Å². The Hall–Kier alpha value is -2.26. The molecule has 0 radical (unpaired) electrons. The van der Waals surface area contributed by atoms with Crippen LogP contribution < -0.4 is 15.4 Å². The summed E-state index contributed by atoms with van der Waals surface area (Å²) >= 11 is 1.70. The molecule has 3 unspecified atom stereocenters. The molecule has 3 amide bonds. The van der Waals surface area contributed by atoms with Gasteiger partial charge in [0.15, 0.2) is 0 Å². The molecule has 3 saturated heterocycles. The fourth-order valence-electron chi connectivity index (χ4n) is 6.96. The summed E-state index contributed by atoms with van der Waals surface area (Å²) in [5.74, 6) is -0.618. The number of likely N-dealkylation sites (tertiary alicyclic amines) is 1. The molecule has 216 valence electrons. The zero-order chi connectivity index (χ0) is 28.2. The third kappa shape index (κ3) is 5.80. The van der Waals surface area contributed by atoms with Crippen molar-refractivity contribution in [1.29, 1.82) is 0 Å². The average molecular weight is 560 g/mol. The fourth-order valence-corrected chi connectivity index (χ4v) is 9.32. The second-order valence-corrected chi connectivity index (χ2v) is 13.4. The van der Waals surface area contributed by atoms with Gasteiger partial charge in [-0.25, -0.2) is 0 Å². The molecule has 39 heavy (non-hydrogen) atoms. The van der Waals surface area contributed by atoms with Gasteiger partial charge in [0.25, 0.3) is 0 Å². The Bertz CT molecular complexity index is 1040. The zero-order valence-corrected chi connectivity index (χ0v) is 24.6. The molecule has 4 rings (SSSR count). The molecular formula is C30H45N3O5S. The highest BCUT2D eigenvalue weighted by Crippen LogP contribution is 2.71. The molecule has 9 heteroatoms. The third-order valence-corrected chi connectivity index (χ3v) is 10.6. The summed E-state index contributed by atoms with van der Waals surface area (Å²) < 4.78 is 4.51. The SMILES string of the molecule is CCCC(C)NC(=O)C1N(CCCCCCO)C(=O)[C@@H]2[C@@H](C(=O)Nc3ccc(OCC)cc3)[C@@]3(C)CCC12S3. The molecule has 3 N–H and O–H groups in total. The zero-order valence-electron chi connectivity index (χ0n) is 23.8. The molecule has 8 nitrogen and oxygen atoms in total. The summed E-state index contributed by atoms with van der Waals surface area (Å²) in [7, 11) is 0. The van der Waals surface area contributed by atoms with Crippen LogP contribution in [0.5, 0.6) is 5.75 Å². The number of thioether (sulfide) groups is 1. The minimum Gasteiger partial charge on any atom is -0.494 e. The molecule has 1 aromatic carbocycles. The van der Waals surface area contributed by atoms with E-state index < -0.39 is 27.4 Å². The van der Waals surface area contributed by atoms with Crippen molar-refractivity contribution < 1.29 is 24.2 Å². The van der Waals surface area contributed by atoms with E-state index in [9.17, 15) is 14.4 Å². The Kier molecular flexibility index (Phi) is 9.53. The average Bonchev–Trinajstić information content (AvgIpc) is 3.46. The number of aliphatic hydroxyl groups excluding tert-OH is 1. The molecule has 3 aliphatic heterocycles. The predicted octanol–water partition coefficient (Wildman–Crippen LogP) is 4.36. The summed E-state index contributed by atoms with van der Waals surface area (Å²) in [4.78, 5) is 43.6. The number of benzene rings is 1. The Morgan fingerprint density at radius 1 is 1.13 bits per heavy atom. The van der Waals surface area contributed by atoms with Gasteiger partial charge in [-0.3, -0.25) is 14.4 Å². The Morgan fingerprint density at radius 2 is 1.85 bits per heavy atom. The van der Waals surface area contributed by atoms with E-state index in [1.165, 1.54) is 0 Å². The van der Waals surface area contributed by atoms with Crippen LogP contribution in [0.15, 0.2) is 24.3 Å². The number of unbranched alkanes of at least 4 members (excludes halogenated alkanes) is 3. The van der Waals surface area contributed by atoms with E-state index in [0.29, 0.717) is 18.8 Å². The van der Waals surface area contributed by atoms with Crippen LogP contribution in [0.1, 0.15) is 79.1 Å². The van der Waals surface area contributed by atoms with Crippen molar-refractivity contribution in [3.8, 4) is 5.75 Å². The largest absolute Gasteiger partial charge is 0.494 e. The maximum atomic E-state index is 14.1. The van der Waals surface area contributed by atoms with Gasteiger partial charge in [-0.15, -0.1) is 11.8 Å². The van der Waals surface area contributed by atoms with Crippen LogP contribution in [0, 0.1) is 11.8 Å². The summed E-state index contributed by atoms with van der Waals surface area (Å²) in [6, 6.07) is 6.74. The monoisotopic (exact) mass is 559 g/mol. The number of hydrogen-bond donors (Lipinski definition) is 3. The lowest BCUT2D eigenvalue weighted by Crippen LogP contribution is -2.55. The van der Waals surface area contributed by atoms with Crippen LogP contribution in [-0.2, 0) is 14.4 Å². The highest BCUT2D eigenvalue weighted by atomic mass is 32.2. The van der Waals surface area contributed by atoms with E-state index in [1.54, 1.807) is 16.7 Å². The van der Waals surface area contributed by atoms with E-state index in [0.717, 1.165) is 57.1 Å². The smallest absolute Gasteiger partial charge is 0.244 e. The number of amides is 3. The molecule has 3 aliphatic rings. The normalized spacial score (nSPS) is 29.8. The highest BCUT2D eigenvalue weighted by Gasteiger charge is 2.77. The van der Waals surface area contributed by atoms with E-state index in [-0.39, 0.29) is 30.4 Å². The van der Waals surface area contributed by atoms with Gasteiger partial charge in [0.05, 0.1) is 23.2 Å². The molecule has 6 atom stereocenters. The van der Waals surface area contributed by atoms with Gasteiger partial charge in [0.1, 0.15) is 11.8 Å². The van der Waals surface area contributed by atoms with Crippen molar-refractivity contribution in [2.45, 2.75) is 101 Å². The first kappa shape index (κ1) is 29.7. The first-order valence-electron chi connectivity index (χ1n) is 14.7. The minimum atomic E-state index is -0.603. The number of rotatable bonds is 14. The third-order valence-electron chi connectivity index (χ3n) is 8.66. The Labute approximate surface area is 237 Å². The summed E-state index contributed by atoms with van der Waals surface area (Å²) in [5.41, 5.74) is 0.669. The quantitative estimate of drug-likeness (QED) is 0.292. The van der Waals surface area contributed by atoms with Crippen LogP contribution in [0.25, 0.3) is 0 Å². The van der Waals surface area contributed by atoms with Gasteiger partial charge in [0.2, 0.25) is 17.7 Å². The van der Waals surface area contributed by atoms with Crippen LogP contribution >= 0.6 is 11.8 Å². The second kappa shape index (κ2) is 12.5. The summed E-state index contributed by atoms with van der Waals surface area (Å²) in [6.45, 7) is 9.35. The number of aliphatic hydroxyl groups is 1. The lowest BCUT2D eigenvalue weighted by atomic mass is 9.66. The number of carbonyl (C=O) groups excluding carboxylic acids is 3. The molecule has 0 aliphatic carbocycles. The van der Waals surface area contributed by atoms with E-state index in [4.69, 9.17) is 9.84 Å². The predicted molar refractivity (Wildman–Crippen MR) is 155 cm³/mol. The first-order valence-corrected chi connectivity index (χ1v) is 15.5. The van der Waals surface area contributed by atoms with Crippen molar-refractivity contribution in [3.05, 3.63) is 24.3 Å². The topological polar surface area (TPSA) is 108 Å². The number of anilines is 1. The van der Waals surface area contributed by atoms with Gasteiger partial charge >= 0.3 is 0 Å². The summed E-state index contributed by atoms with van der Waals surface area (Å²) in [6.07, 6.45) is 6.66. The standard InChI is InChI=1S/C30H45N3O5S/c1-5-11-20(3)31-27(36)25-30-17-16-29(4,39-30)23(24(30)28(37)33(25)18-9-7-8-10-19-34)26(35)32-21-12-14-22(15-13-21)38-6-2/h12-15,20,23-25,34H,5-11,16-19H2,1-4H3,(H,31,36)(H,32,35)/t20?,23-,24-,25?,29+,30?/m0/s1. The highest BCUT2D eigenvalue weighted by molar-refractivity contribution is 8.02. The van der Waals surface area contributed by atoms with Gasteiger partial charge in [-0.2, -0.15) is 0 Å². The molecule has 3 fully saturated rings. The number of ether oxygens (including phenoxy) is 1. The molecular weight excluding hydrogens is 514 g/mol. The van der Waals surface area contributed by atoms with E-state index >= 15 is 0 Å². The van der Waals surface area contributed by atoms with Gasteiger partial charge in [0, 0.05) is 29.6 Å². The summed E-state index contributed by atoms with van der Waals surface area (Å²) in [5, 5.41) is 15.4. The minimum absolute atomic E-state index is 0.0254. The van der Waals surface area contributed by atoms with Crippen LogP contribution in [-0.4, -0.2) is 69.1 Å². The molecule has 3 heterocycles. The van der Waals surface area contributed by atoms with Gasteiger partial charge in [-0.1, -0.05) is 26.2 Å². The number of fused-ring (bicyclic) bond motifs is 1. The lowest BCUT2D eigenvalue weighted by Gasteiger charge is -2.35. The van der Waals surface area contributed by atoms with Crippen LogP contribution in [0.4, 0.5) is 5.69 Å². The van der Waals surface area contributed by atoms with Crippen molar-refractivity contribution in [3.63, 3.8) is 0 Å². The fraction of sp³-hybridized carbons (Fsp3) is 0.700. The number of hydrogen-bond acceptors (Lipinski definition) is 6. The molecule has 0 saturated carbocycles. The molecule has 1 spiro atoms. The van der Waals surface area contributed by atoms with Crippen molar-refractivity contribution in [1.82, 2.24) is 10.2 Å². The van der Waals surface area contributed by atoms with Crippen molar-refractivity contribution in [2.24, 2.45) is 11.8 Å². The lowest BCUT2D eigenvalue weighted by molar-refractivity contribution is -0.139. The number of carbonyl (C=O) groups is 3. The maximum Gasteiger partial charge on any atom is 0.244 e. The van der Waals surface area contributed by atoms with Crippen LogP contribution in [0.2, 0.25) is 0 Å². The Morgan fingerprint density at radius 3 is 2.51 bits per heavy atom. The first-order chi connectivity index (χ1) is 18.7. The molecule has 0 aromatic heterocycles. The number of nitrogens with one attached hydrogen (secondary N) is 2. The van der Waals surface area contributed by atoms with Crippen LogP contribution in [0.3, 0.4) is 0 Å². The van der Waals surface area contributed by atoms with Crippen molar-refractivity contribution >= 4 is 35.2 Å². The van der Waals surface area contributed by atoms with Gasteiger partial charge < -0.3 is 25.4 Å². The van der Waals surface area contributed by atoms with E-state index in [1.807, 2.05) is 38.1 Å². The van der Waals surface area contributed by atoms with Gasteiger partial charge in [-0.05, 0) is 77.1 Å². The Balaban J connectivity index is 1.59. The number of nitrogens with zero attached hydrogens (tertiary/aromatic N) is 1. The second-order valence-electron chi connectivity index (χ2n) is 11.5.